The third-order valence-corrected chi connectivity index (χ3v) is 6.23. The topological polar surface area (TPSA) is 65.8 Å². The van der Waals surface area contributed by atoms with Crippen LogP contribution in [0.15, 0.2) is 72.4 Å². The summed E-state index contributed by atoms with van der Waals surface area (Å²) in [6.07, 6.45) is 3.61. The molecule has 2 aromatic carbocycles. The minimum Gasteiger partial charge on any atom is -0.486 e. The van der Waals surface area contributed by atoms with Crippen LogP contribution in [0.2, 0.25) is 0 Å². The first kappa shape index (κ1) is 21.1. The summed E-state index contributed by atoms with van der Waals surface area (Å²) in [5.74, 6) is 2.76. The van der Waals surface area contributed by atoms with Gasteiger partial charge >= 0.3 is 0 Å². The van der Waals surface area contributed by atoms with E-state index in [1.165, 1.54) is 0 Å². The number of carbonyl (C=O) groups is 1. The van der Waals surface area contributed by atoms with Gasteiger partial charge in [-0.1, -0.05) is 6.07 Å². The van der Waals surface area contributed by atoms with Crippen LogP contribution in [0.4, 0.5) is 5.69 Å². The number of benzene rings is 2. The Balaban J connectivity index is 1.37. The molecule has 1 amide bonds. The van der Waals surface area contributed by atoms with Gasteiger partial charge in [-0.05, 0) is 47.8 Å². The number of aryl methyl sites for hydroxylation is 1. The second-order valence-electron chi connectivity index (χ2n) is 7.57. The Bertz CT molecular complexity index is 1240. The standard InChI is InChI=1S/C25H23N3O4S/c1-27-11-10-26-24(27)17-32-20-7-4-18(5-8-20)25(29)28(16-21-3-2-14-33-21)19-6-9-22-23(15-19)31-13-12-30-22/h2-11,14-15H,12-13,16-17H2,1H3. The minimum atomic E-state index is -0.101. The molecule has 4 aromatic rings. The second-order valence-corrected chi connectivity index (χ2v) is 8.60. The Morgan fingerprint density at radius 3 is 2.67 bits per heavy atom. The van der Waals surface area contributed by atoms with Crippen LogP contribution in [0, 0.1) is 0 Å². The second kappa shape index (κ2) is 9.38. The number of thiophene rings is 1. The van der Waals surface area contributed by atoms with Gasteiger partial charge in [0.2, 0.25) is 0 Å². The number of amides is 1. The van der Waals surface area contributed by atoms with Crippen molar-refractivity contribution in [2.24, 2.45) is 7.05 Å². The smallest absolute Gasteiger partial charge is 0.258 e. The monoisotopic (exact) mass is 461 g/mol. The van der Waals surface area contributed by atoms with E-state index in [9.17, 15) is 4.79 Å². The Kier molecular flexibility index (Phi) is 5.99. The highest BCUT2D eigenvalue weighted by atomic mass is 32.1. The summed E-state index contributed by atoms with van der Waals surface area (Å²) in [5, 5.41) is 2.01. The number of hydrogen-bond acceptors (Lipinski definition) is 6. The van der Waals surface area contributed by atoms with E-state index in [1.54, 1.807) is 34.6 Å². The fraction of sp³-hybridized carbons (Fsp3) is 0.200. The molecule has 0 spiro atoms. The van der Waals surface area contributed by atoms with Crippen molar-refractivity contribution in [1.82, 2.24) is 9.55 Å². The van der Waals surface area contributed by atoms with Crippen molar-refractivity contribution in [3.63, 3.8) is 0 Å². The molecule has 33 heavy (non-hydrogen) atoms. The molecule has 0 fully saturated rings. The maximum atomic E-state index is 13.5. The third-order valence-electron chi connectivity index (χ3n) is 5.37. The molecule has 2 aromatic heterocycles. The van der Waals surface area contributed by atoms with E-state index in [0.717, 1.165) is 16.4 Å². The molecule has 8 heteroatoms. The van der Waals surface area contributed by atoms with Gasteiger partial charge in [-0.2, -0.15) is 0 Å². The summed E-state index contributed by atoms with van der Waals surface area (Å²) in [5.41, 5.74) is 1.33. The molecule has 7 nitrogen and oxygen atoms in total. The molecule has 1 aliphatic heterocycles. The van der Waals surface area contributed by atoms with Crippen LogP contribution >= 0.6 is 11.3 Å². The van der Waals surface area contributed by atoms with Crippen LogP contribution in [0.3, 0.4) is 0 Å². The molecule has 0 bridgehead atoms. The number of ether oxygens (including phenoxy) is 3. The fourth-order valence-corrected chi connectivity index (χ4v) is 4.26. The van der Waals surface area contributed by atoms with E-state index in [1.807, 2.05) is 65.7 Å². The summed E-state index contributed by atoms with van der Waals surface area (Å²) < 4.78 is 19.1. The summed E-state index contributed by atoms with van der Waals surface area (Å²) in [4.78, 5) is 20.7. The fourth-order valence-electron chi connectivity index (χ4n) is 3.57. The van der Waals surface area contributed by atoms with E-state index >= 15 is 0 Å². The van der Waals surface area contributed by atoms with E-state index < -0.39 is 0 Å². The summed E-state index contributed by atoms with van der Waals surface area (Å²) in [7, 11) is 1.92. The third kappa shape index (κ3) is 4.70. The largest absolute Gasteiger partial charge is 0.486 e. The minimum absolute atomic E-state index is 0.101. The van der Waals surface area contributed by atoms with Gasteiger partial charge in [0.25, 0.3) is 5.91 Å². The van der Waals surface area contributed by atoms with Crippen LogP contribution in [-0.2, 0) is 20.2 Å². The van der Waals surface area contributed by atoms with E-state index in [2.05, 4.69) is 4.98 Å². The van der Waals surface area contributed by atoms with Crippen molar-refractivity contribution < 1.29 is 19.0 Å². The lowest BCUT2D eigenvalue weighted by atomic mass is 10.1. The highest BCUT2D eigenvalue weighted by Crippen LogP contribution is 2.35. The molecule has 0 N–H and O–H groups in total. The number of anilines is 1. The molecule has 1 aliphatic rings. The molecular formula is C25H23N3O4S. The van der Waals surface area contributed by atoms with Gasteiger partial charge in [0, 0.05) is 41.6 Å². The zero-order valence-corrected chi connectivity index (χ0v) is 19.0. The molecule has 5 rings (SSSR count). The molecule has 0 radical (unpaired) electrons. The number of imidazole rings is 1. The van der Waals surface area contributed by atoms with Crippen molar-refractivity contribution >= 4 is 22.9 Å². The number of fused-ring (bicyclic) bond motifs is 1. The molecule has 0 saturated heterocycles. The predicted octanol–water partition coefficient (Wildman–Crippen LogP) is 4.68. The number of aromatic nitrogens is 2. The number of nitrogens with zero attached hydrogens (tertiary/aromatic N) is 3. The Labute approximate surface area is 195 Å². The first-order chi connectivity index (χ1) is 16.2. The first-order valence-electron chi connectivity index (χ1n) is 10.6. The van der Waals surface area contributed by atoms with Crippen LogP contribution < -0.4 is 19.1 Å². The van der Waals surface area contributed by atoms with Gasteiger partial charge in [0.15, 0.2) is 11.5 Å². The van der Waals surface area contributed by atoms with Crippen LogP contribution in [0.5, 0.6) is 17.2 Å². The molecule has 3 heterocycles. The van der Waals surface area contributed by atoms with Crippen molar-refractivity contribution in [2.75, 3.05) is 18.1 Å². The quantitative estimate of drug-likeness (QED) is 0.400. The molecule has 0 unspecified atom stereocenters. The first-order valence-corrected chi connectivity index (χ1v) is 11.5. The van der Waals surface area contributed by atoms with Crippen LogP contribution in [0.1, 0.15) is 21.1 Å². The lowest BCUT2D eigenvalue weighted by Crippen LogP contribution is -2.30. The highest BCUT2D eigenvalue weighted by Gasteiger charge is 2.22. The van der Waals surface area contributed by atoms with E-state index in [4.69, 9.17) is 14.2 Å². The van der Waals surface area contributed by atoms with Gasteiger partial charge in [-0.25, -0.2) is 4.98 Å². The average molecular weight is 462 g/mol. The van der Waals surface area contributed by atoms with Gasteiger partial charge < -0.3 is 23.7 Å². The molecule has 168 valence electrons. The molecule has 0 aliphatic carbocycles. The molecule has 0 atom stereocenters. The molecular weight excluding hydrogens is 438 g/mol. The zero-order chi connectivity index (χ0) is 22.6. The number of hydrogen-bond donors (Lipinski definition) is 0. The predicted molar refractivity (Wildman–Crippen MR) is 126 cm³/mol. The Morgan fingerprint density at radius 2 is 1.94 bits per heavy atom. The zero-order valence-electron chi connectivity index (χ0n) is 18.1. The van der Waals surface area contributed by atoms with Gasteiger partial charge in [-0.3, -0.25) is 4.79 Å². The normalized spacial score (nSPS) is 12.4. The number of rotatable bonds is 7. The van der Waals surface area contributed by atoms with Crippen molar-refractivity contribution in [3.8, 4) is 17.2 Å². The van der Waals surface area contributed by atoms with Crippen molar-refractivity contribution in [3.05, 3.63) is 88.6 Å². The van der Waals surface area contributed by atoms with E-state index in [0.29, 0.717) is 49.2 Å². The number of carbonyl (C=O) groups excluding carboxylic acids is 1. The van der Waals surface area contributed by atoms with Crippen LogP contribution in [-0.4, -0.2) is 28.7 Å². The summed E-state index contributed by atoms with van der Waals surface area (Å²) in [6, 6.07) is 16.8. The van der Waals surface area contributed by atoms with E-state index in [-0.39, 0.29) is 5.91 Å². The Hall–Kier alpha value is -3.78. The Morgan fingerprint density at radius 1 is 1.12 bits per heavy atom. The van der Waals surface area contributed by atoms with Crippen LogP contribution in [0.25, 0.3) is 0 Å². The average Bonchev–Trinajstić information content (AvgIpc) is 3.52. The maximum absolute atomic E-state index is 13.5. The van der Waals surface area contributed by atoms with Gasteiger partial charge in [0.1, 0.15) is 31.4 Å². The SMILES string of the molecule is Cn1ccnc1COc1ccc(C(=O)N(Cc2cccs2)c2ccc3c(c2)OCCO3)cc1. The van der Waals surface area contributed by atoms with Gasteiger partial charge in [-0.15, -0.1) is 11.3 Å². The lowest BCUT2D eigenvalue weighted by Gasteiger charge is -2.25. The molecule has 0 saturated carbocycles. The van der Waals surface area contributed by atoms with Crippen molar-refractivity contribution in [2.45, 2.75) is 13.2 Å². The van der Waals surface area contributed by atoms with Gasteiger partial charge in [0.05, 0.1) is 6.54 Å². The highest BCUT2D eigenvalue weighted by molar-refractivity contribution is 7.09. The maximum Gasteiger partial charge on any atom is 0.258 e. The van der Waals surface area contributed by atoms with Crippen molar-refractivity contribution in [1.29, 1.82) is 0 Å². The lowest BCUT2D eigenvalue weighted by molar-refractivity contribution is 0.0985. The summed E-state index contributed by atoms with van der Waals surface area (Å²) >= 11 is 1.62. The summed E-state index contributed by atoms with van der Waals surface area (Å²) in [6.45, 7) is 1.85.